The summed E-state index contributed by atoms with van der Waals surface area (Å²) in [6.07, 6.45) is 6.87. The van der Waals surface area contributed by atoms with Crippen LogP contribution >= 0.6 is 11.6 Å². The number of para-hydroxylation sites is 1. The molecule has 6 heterocycles. The second-order valence-electron chi connectivity index (χ2n) is 8.80. The molecule has 1 atom stereocenters. The molecule has 11 heteroatoms. The number of H-pyrrole nitrogens is 1. The second kappa shape index (κ2) is 8.20. The first-order chi connectivity index (χ1) is 17.7. The predicted octanol–water partition coefficient (Wildman–Crippen LogP) is 3.53. The van der Waals surface area contributed by atoms with Crippen molar-refractivity contribution in [3.63, 3.8) is 0 Å². The van der Waals surface area contributed by atoms with E-state index in [1.807, 2.05) is 36.5 Å². The van der Waals surface area contributed by atoms with Crippen LogP contribution in [0.5, 0.6) is 0 Å². The van der Waals surface area contributed by atoms with Gasteiger partial charge < -0.3 is 14.6 Å². The summed E-state index contributed by atoms with van der Waals surface area (Å²) in [6.45, 7) is 1.94. The van der Waals surface area contributed by atoms with Gasteiger partial charge in [0, 0.05) is 18.9 Å². The highest BCUT2D eigenvalue weighted by Crippen LogP contribution is 2.39. The molecule has 1 aromatic carbocycles. The van der Waals surface area contributed by atoms with E-state index < -0.39 is 0 Å². The molecule has 1 saturated heterocycles. The number of hydrogen-bond acceptors (Lipinski definition) is 7. The van der Waals surface area contributed by atoms with E-state index in [-0.39, 0.29) is 11.6 Å². The zero-order valence-electron chi connectivity index (χ0n) is 19.1. The van der Waals surface area contributed by atoms with E-state index >= 15 is 0 Å². The monoisotopic (exact) mass is 500 g/mol. The van der Waals surface area contributed by atoms with E-state index in [2.05, 4.69) is 19.9 Å². The molecule has 0 saturated carbocycles. The zero-order chi connectivity index (χ0) is 24.2. The number of aromatic amines is 1. The number of fused-ring (bicyclic) bond motifs is 2. The second-order valence-corrected chi connectivity index (χ2v) is 9.21. The van der Waals surface area contributed by atoms with Crippen LogP contribution in [0.2, 0.25) is 5.02 Å². The lowest BCUT2D eigenvalue weighted by atomic mass is 10.1. The van der Waals surface area contributed by atoms with Crippen LogP contribution in [0.4, 0.5) is 5.82 Å². The third kappa shape index (κ3) is 3.14. The van der Waals surface area contributed by atoms with E-state index in [1.165, 1.54) is 0 Å². The van der Waals surface area contributed by atoms with Crippen LogP contribution in [-0.4, -0.2) is 54.7 Å². The minimum Gasteiger partial charge on any atom is -0.475 e. The van der Waals surface area contributed by atoms with Gasteiger partial charge in [0.1, 0.15) is 29.9 Å². The maximum Gasteiger partial charge on any atom is 0.284 e. The minimum atomic E-state index is -0.211. The molecule has 4 aromatic heterocycles. The van der Waals surface area contributed by atoms with Crippen LogP contribution in [-0.2, 0) is 4.74 Å². The number of ether oxygens (including phenoxy) is 1. The van der Waals surface area contributed by atoms with E-state index in [4.69, 9.17) is 26.4 Å². The number of hydrogen-bond donors (Lipinski definition) is 1. The summed E-state index contributed by atoms with van der Waals surface area (Å²) in [4.78, 5) is 32.8. The Bertz CT molecular complexity index is 1700. The Kier molecular flexibility index (Phi) is 4.81. The number of benzene rings is 1. The quantitative estimate of drug-likeness (QED) is 0.404. The van der Waals surface area contributed by atoms with Gasteiger partial charge in [0.15, 0.2) is 5.82 Å². The Morgan fingerprint density at radius 1 is 1.14 bits per heavy atom. The van der Waals surface area contributed by atoms with Crippen LogP contribution in [0.3, 0.4) is 0 Å². The first-order valence-corrected chi connectivity index (χ1v) is 12.2. The standard InChI is InChI=1S/C25H21ClN8O2/c26-17-8-11-33-20(17)25(35)34(15-5-2-1-3-6-15)22(31-33)18-7-4-10-32(18)23-19-16(24-27-9-12-36-24)13-28-21(19)29-14-30-23/h1-3,5-6,8,11,13-14,18H,4,7,9-10,12H2,(H,28,29,30). The Balaban J connectivity index is 1.44. The van der Waals surface area contributed by atoms with Crippen molar-refractivity contribution in [3.8, 4) is 5.69 Å². The van der Waals surface area contributed by atoms with Gasteiger partial charge in [0.05, 0.1) is 34.2 Å². The summed E-state index contributed by atoms with van der Waals surface area (Å²) in [5.74, 6) is 1.98. The Morgan fingerprint density at radius 2 is 2.03 bits per heavy atom. The molecule has 0 bridgehead atoms. The van der Waals surface area contributed by atoms with Crippen molar-refractivity contribution in [3.05, 3.63) is 81.9 Å². The molecule has 2 aliphatic heterocycles. The van der Waals surface area contributed by atoms with Gasteiger partial charge in [0.25, 0.3) is 5.56 Å². The number of aromatic nitrogens is 6. The molecular formula is C25H21ClN8O2. The first-order valence-electron chi connectivity index (χ1n) is 11.8. The average molecular weight is 501 g/mol. The highest BCUT2D eigenvalue weighted by molar-refractivity contribution is 6.33. The molecule has 1 fully saturated rings. The fourth-order valence-electron chi connectivity index (χ4n) is 5.21. The molecule has 1 unspecified atom stereocenters. The maximum absolute atomic E-state index is 13.8. The lowest BCUT2D eigenvalue weighted by Gasteiger charge is -2.28. The molecule has 0 spiro atoms. The van der Waals surface area contributed by atoms with Gasteiger partial charge in [0.2, 0.25) is 5.90 Å². The highest BCUT2D eigenvalue weighted by Gasteiger charge is 2.34. The summed E-state index contributed by atoms with van der Waals surface area (Å²) in [6, 6.07) is 11.0. The molecule has 36 heavy (non-hydrogen) atoms. The van der Waals surface area contributed by atoms with Gasteiger partial charge in [-0.15, -0.1) is 0 Å². The van der Waals surface area contributed by atoms with Gasteiger partial charge in [-0.1, -0.05) is 29.8 Å². The fraction of sp³-hybridized carbons (Fsp3) is 0.240. The van der Waals surface area contributed by atoms with E-state index in [0.717, 1.165) is 41.8 Å². The van der Waals surface area contributed by atoms with Gasteiger partial charge >= 0.3 is 0 Å². The fourth-order valence-corrected chi connectivity index (χ4v) is 5.43. The zero-order valence-corrected chi connectivity index (χ0v) is 19.9. The van der Waals surface area contributed by atoms with Gasteiger partial charge in [-0.25, -0.2) is 19.5 Å². The number of anilines is 1. The highest BCUT2D eigenvalue weighted by atomic mass is 35.5. The van der Waals surface area contributed by atoms with Crippen LogP contribution in [0.1, 0.15) is 30.3 Å². The van der Waals surface area contributed by atoms with Crippen molar-refractivity contribution in [1.82, 2.24) is 29.1 Å². The van der Waals surface area contributed by atoms with Crippen LogP contribution < -0.4 is 10.5 Å². The summed E-state index contributed by atoms with van der Waals surface area (Å²) in [7, 11) is 0. The van der Waals surface area contributed by atoms with Crippen molar-refractivity contribution < 1.29 is 4.74 Å². The number of nitrogens with zero attached hydrogens (tertiary/aromatic N) is 7. The average Bonchev–Trinajstić information content (AvgIpc) is 3.70. The lowest BCUT2D eigenvalue weighted by molar-refractivity contribution is 0.348. The summed E-state index contributed by atoms with van der Waals surface area (Å²) < 4.78 is 9.01. The van der Waals surface area contributed by atoms with Crippen LogP contribution in [0.15, 0.2) is 64.9 Å². The number of nitrogens with one attached hydrogen (secondary N) is 1. The molecular weight excluding hydrogens is 480 g/mol. The van der Waals surface area contributed by atoms with Crippen molar-refractivity contribution in [1.29, 1.82) is 0 Å². The normalized spacial score (nSPS) is 17.8. The Hall–Kier alpha value is -4.18. The first kappa shape index (κ1) is 21.1. The molecule has 0 amide bonds. The van der Waals surface area contributed by atoms with Crippen LogP contribution in [0, 0.1) is 0 Å². The van der Waals surface area contributed by atoms with E-state index in [0.29, 0.717) is 41.1 Å². The van der Waals surface area contributed by atoms with Gasteiger partial charge in [-0.05, 0) is 31.0 Å². The number of rotatable bonds is 4. The molecule has 7 rings (SSSR count). The Labute approximate surface area is 209 Å². The van der Waals surface area contributed by atoms with Crippen LogP contribution in [0.25, 0.3) is 22.2 Å². The summed E-state index contributed by atoms with van der Waals surface area (Å²) in [5, 5.41) is 6.14. The third-order valence-electron chi connectivity index (χ3n) is 6.77. The predicted molar refractivity (Wildman–Crippen MR) is 136 cm³/mol. The van der Waals surface area contributed by atoms with Gasteiger partial charge in [-0.2, -0.15) is 5.10 Å². The topological polar surface area (TPSA) is 106 Å². The summed E-state index contributed by atoms with van der Waals surface area (Å²) in [5.41, 5.74) is 2.42. The van der Waals surface area contributed by atoms with Crippen molar-refractivity contribution >= 4 is 39.9 Å². The SMILES string of the molecule is O=c1c2c(Cl)ccn2nc(C2CCCN2c2ncnc3[nH]cc(C4=NCCO4)c23)n1-c1ccccc1. The molecule has 2 aliphatic rings. The smallest absolute Gasteiger partial charge is 0.284 e. The number of aliphatic imine (C=N–C) groups is 1. The van der Waals surface area contributed by atoms with Crippen molar-refractivity contribution in [2.45, 2.75) is 18.9 Å². The molecule has 180 valence electrons. The van der Waals surface area contributed by atoms with E-state index in [9.17, 15) is 4.79 Å². The molecule has 10 nitrogen and oxygen atoms in total. The lowest BCUT2D eigenvalue weighted by Crippen LogP contribution is -2.33. The molecule has 1 N–H and O–H groups in total. The Morgan fingerprint density at radius 3 is 2.86 bits per heavy atom. The van der Waals surface area contributed by atoms with Crippen molar-refractivity contribution in [2.75, 3.05) is 24.6 Å². The number of halogens is 1. The van der Waals surface area contributed by atoms with Gasteiger partial charge in [-0.3, -0.25) is 9.36 Å². The molecule has 0 aliphatic carbocycles. The third-order valence-corrected chi connectivity index (χ3v) is 7.07. The maximum atomic E-state index is 13.8. The largest absolute Gasteiger partial charge is 0.475 e. The summed E-state index contributed by atoms with van der Waals surface area (Å²) >= 11 is 6.38. The molecule has 0 radical (unpaired) electrons. The van der Waals surface area contributed by atoms with E-state index in [1.54, 1.807) is 27.7 Å². The molecule has 5 aromatic rings. The minimum absolute atomic E-state index is 0.198. The van der Waals surface area contributed by atoms with Crippen molar-refractivity contribution in [2.24, 2.45) is 4.99 Å².